The van der Waals surface area contributed by atoms with E-state index in [1.165, 1.54) is 0 Å². The Morgan fingerprint density at radius 3 is 2.46 bits per heavy atom. The number of aromatic nitrogens is 1. The summed E-state index contributed by atoms with van der Waals surface area (Å²) in [6.07, 6.45) is 1.73. The molecule has 1 aliphatic rings. The maximum atomic E-state index is 13.5. The second kappa shape index (κ2) is 6.23. The van der Waals surface area contributed by atoms with Crippen LogP contribution in [0.5, 0.6) is 0 Å². The molecule has 0 bridgehead atoms. The van der Waals surface area contributed by atoms with E-state index >= 15 is 0 Å². The van der Waals surface area contributed by atoms with Crippen LogP contribution in [0, 0.1) is 0 Å². The van der Waals surface area contributed by atoms with Crippen LogP contribution in [-0.2, 0) is 16.9 Å². The van der Waals surface area contributed by atoms with Gasteiger partial charge in [0.15, 0.2) is 5.60 Å². The Morgan fingerprint density at radius 1 is 0.929 bits per heavy atom. The Bertz CT molecular complexity index is 1200. The monoisotopic (exact) mass is 388 g/mol. The van der Waals surface area contributed by atoms with Crippen molar-refractivity contribution in [3.8, 4) is 0 Å². The molecule has 1 aliphatic heterocycles. The Morgan fingerprint density at radius 2 is 1.64 bits per heavy atom. The minimum Gasteiger partial charge on any atom is -0.372 e. The number of para-hydroxylation sites is 2. The third kappa shape index (κ3) is 2.39. The summed E-state index contributed by atoms with van der Waals surface area (Å²) in [5, 5.41) is 13.2. The Kier molecular flexibility index (Phi) is 3.79. The molecule has 5 rings (SSSR count). The summed E-state index contributed by atoms with van der Waals surface area (Å²) in [5.41, 5.74) is 1.97. The van der Waals surface area contributed by atoms with E-state index in [0.29, 0.717) is 22.7 Å². The van der Waals surface area contributed by atoms with Gasteiger partial charge in [-0.3, -0.25) is 4.79 Å². The number of aromatic amines is 1. The van der Waals surface area contributed by atoms with Crippen molar-refractivity contribution in [1.82, 2.24) is 4.98 Å². The van der Waals surface area contributed by atoms with Crippen LogP contribution in [-0.4, -0.2) is 16.0 Å². The highest BCUT2D eigenvalue weighted by atomic mass is 35.5. The highest BCUT2D eigenvalue weighted by molar-refractivity contribution is 6.30. The zero-order valence-electron chi connectivity index (χ0n) is 14.9. The maximum Gasteiger partial charge on any atom is 0.268 e. The summed E-state index contributed by atoms with van der Waals surface area (Å²) in [6.45, 7) is 0.359. The van der Waals surface area contributed by atoms with Gasteiger partial charge in [0.05, 0.1) is 12.2 Å². The van der Waals surface area contributed by atoms with Crippen LogP contribution in [0.15, 0.2) is 79.0 Å². The van der Waals surface area contributed by atoms with Crippen LogP contribution >= 0.6 is 11.6 Å². The third-order valence-corrected chi connectivity index (χ3v) is 5.62. The number of H-pyrrole nitrogens is 1. The van der Waals surface area contributed by atoms with E-state index in [1.54, 1.807) is 23.2 Å². The molecule has 1 atom stereocenters. The predicted octanol–water partition coefficient (Wildman–Crippen LogP) is 4.60. The van der Waals surface area contributed by atoms with E-state index in [1.807, 2.05) is 60.7 Å². The second-order valence-electron chi connectivity index (χ2n) is 6.99. The number of benzene rings is 3. The molecule has 0 radical (unpaired) electrons. The number of carbonyl (C=O) groups excluding carboxylic acids is 1. The Balaban J connectivity index is 1.65. The summed E-state index contributed by atoms with van der Waals surface area (Å²) < 4.78 is 0. The van der Waals surface area contributed by atoms with Crippen molar-refractivity contribution in [3.63, 3.8) is 0 Å². The SMILES string of the molecule is O=C1N(Cc2ccc(Cl)cc2)c2ccccc2[C@@]1(O)c1c[nH]c2ccccc12. The van der Waals surface area contributed by atoms with E-state index < -0.39 is 5.60 Å². The van der Waals surface area contributed by atoms with Crippen LogP contribution in [0.2, 0.25) is 5.02 Å². The number of halogens is 1. The quantitative estimate of drug-likeness (QED) is 0.538. The molecular weight excluding hydrogens is 372 g/mol. The van der Waals surface area contributed by atoms with Crippen molar-refractivity contribution in [3.05, 3.63) is 101 Å². The van der Waals surface area contributed by atoms with Crippen molar-refractivity contribution < 1.29 is 9.90 Å². The zero-order chi connectivity index (χ0) is 19.3. The van der Waals surface area contributed by atoms with Crippen molar-refractivity contribution in [2.24, 2.45) is 0 Å². The number of anilines is 1. The number of rotatable bonds is 3. The molecule has 2 heterocycles. The first-order valence-electron chi connectivity index (χ1n) is 9.04. The average Bonchev–Trinajstić information content (AvgIpc) is 3.24. The van der Waals surface area contributed by atoms with Crippen molar-refractivity contribution in [2.75, 3.05) is 4.90 Å². The molecule has 2 N–H and O–H groups in total. The molecule has 0 saturated carbocycles. The molecule has 4 nitrogen and oxygen atoms in total. The van der Waals surface area contributed by atoms with Crippen LogP contribution in [0.25, 0.3) is 10.9 Å². The smallest absolute Gasteiger partial charge is 0.268 e. The summed E-state index contributed by atoms with van der Waals surface area (Å²) in [4.78, 5) is 18.3. The summed E-state index contributed by atoms with van der Waals surface area (Å²) >= 11 is 5.98. The standard InChI is InChI=1S/C23H17ClN2O2/c24-16-11-9-15(10-12-16)14-26-21-8-4-2-6-18(21)23(28,22(26)27)19-13-25-20-7-3-1-5-17(19)20/h1-13,25,28H,14H2/t23-/m1/s1. The molecule has 3 aromatic carbocycles. The molecule has 1 aromatic heterocycles. The molecule has 0 fully saturated rings. The number of amides is 1. The fourth-order valence-corrected chi connectivity index (χ4v) is 4.12. The van der Waals surface area contributed by atoms with Gasteiger partial charge in [-0.2, -0.15) is 0 Å². The number of hydrogen-bond acceptors (Lipinski definition) is 2. The lowest BCUT2D eigenvalue weighted by Gasteiger charge is -2.23. The minimum atomic E-state index is -1.73. The van der Waals surface area contributed by atoms with Gasteiger partial charge in [-0.1, -0.05) is 60.1 Å². The average molecular weight is 389 g/mol. The number of carbonyl (C=O) groups is 1. The normalized spacial score (nSPS) is 18.6. The number of nitrogens with one attached hydrogen (secondary N) is 1. The molecule has 5 heteroatoms. The summed E-state index contributed by atoms with van der Waals surface area (Å²) in [5.74, 6) is -0.353. The number of fused-ring (bicyclic) bond motifs is 2. The van der Waals surface area contributed by atoms with Gasteiger partial charge in [0.25, 0.3) is 5.91 Å². The van der Waals surface area contributed by atoms with E-state index in [4.69, 9.17) is 11.6 Å². The number of nitrogens with zero attached hydrogens (tertiary/aromatic N) is 1. The van der Waals surface area contributed by atoms with Crippen molar-refractivity contribution in [1.29, 1.82) is 0 Å². The highest BCUT2D eigenvalue weighted by Gasteiger charge is 2.51. The van der Waals surface area contributed by atoms with E-state index in [9.17, 15) is 9.90 Å². The van der Waals surface area contributed by atoms with Crippen molar-refractivity contribution >= 4 is 34.1 Å². The van der Waals surface area contributed by atoms with Gasteiger partial charge in [0.1, 0.15) is 0 Å². The van der Waals surface area contributed by atoms with Gasteiger partial charge < -0.3 is 15.0 Å². The van der Waals surface area contributed by atoms with Gasteiger partial charge in [0.2, 0.25) is 0 Å². The minimum absolute atomic E-state index is 0.353. The first kappa shape index (κ1) is 17.0. The van der Waals surface area contributed by atoms with E-state index in [0.717, 1.165) is 22.2 Å². The predicted molar refractivity (Wildman–Crippen MR) is 110 cm³/mol. The number of aliphatic hydroxyl groups is 1. The van der Waals surface area contributed by atoms with E-state index in [-0.39, 0.29) is 5.91 Å². The molecule has 0 unspecified atom stereocenters. The van der Waals surface area contributed by atoms with Gasteiger partial charge in [-0.25, -0.2) is 0 Å². The molecular formula is C23H17ClN2O2. The molecule has 1 amide bonds. The second-order valence-corrected chi connectivity index (χ2v) is 7.43. The summed E-state index contributed by atoms with van der Waals surface area (Å²) in [7, 11) is 0. The van der Waals surface area contributed by atoms with Gasteiger partial charge >= 0.3 is 0 Å². The fourth-order valence-electron chi connectivity index (χ4n) is 4.00. The molecule has 0 spiro atoms. The lowest BCUT2D eigenvalue weighted by Crippen LogP contribution is -2.40. The molecule has 4 aromatic rings. The zero-order valence-corrected chi connectivity index (χ0v) is 15.6. The lowest BCUT2D eigenvalue weighted by molar-refractivity contribution is -0.132. The third-order valence-electron chi connectivity index (χ3n) is 5.37. The Labute approximate surface area is 167 Å². The topological polar surface area (TPSA) is 56.3 Å². The van der Waals surface area contributed by atoms with E-state index in [2.05, 4.69) is 4.98 Å². The first-order valence-corrected chi connectivity index (χ1v) is 9.42. The van der Waals surface area contributed by atoms with Crippen LogP contribution in [0.4, 0.5) is 5.69 Å². The largest absolute Gasteiger partial charge is 0.372 e. The van der Waals surface area contributed by atoms with Crippen LogP contribution < -0.4 is 4.90 Å². The van der Waals surface area contributed by atoms with Crippen LogP contribution in [0.3, 0.4) is 0 Å². The Hall–Kier alpha value is -3.08. The lowest BCUT2D eigenvalue weighted by atomic mass is 9.87. The molecule has 0 saturated heterocycles. The molecule has 138 valence electrons. The summed E-state index contributed by atoms with van der Waals surface area (Å²) in [6, 6.07) is 22.5. The van der Waals surface area contributed by atoms with Gasteiger partial charge in [-0.15, -0.1) is 0 Å². The van der Waals surface area contributed by atoms with Crippen LogP contribution in [0.1, 0.15) is 16.7 Å². The maximum absolute atomic E-state index is 13.5. The molecule has 0 aliphatic carbocycles. The van der Waals surface area contributed by atoms with Crippen molar-refractivity contribution in [2.45, 2.75) is 12.1 Å². The first-order chi connectivity index (χ1) is 13.6. The number of hydrogen-bond donors (Lipinski definition) is 2. The van der Waals surface area contributed by atoms with Gasteiger partial charge in [-0.05, 0) is 29.8 Å². The fraction of sp³-hybridized carbons (Fsp3) is 0.0870. The highest BCUT2D eigenvalue weighted by Crippen LogP contribution is 2.46. The molecule has 28 heavy (non-hydrogen) atoms. The van der Waals surface area contributed by atoms with Gasteiger partial charge in [0, 0.05) is 33.2 Å².